The van der Waals surface area contributed by atoms with Crippen molar-refractivity contribution < 1.29 is 33.4 Å². The Morgan fingerprint density at radius 2 is 1.70 bits per heavy atom. The molecule has 9 heteroatoms. The molecule has 1 aromatic heterocycles. The van der Waals surface area contributed by atoms with Crippen LogP contribution in [0.4, 0.5) is 5.69 Å². The molecule has 3 aromatic carbocycles. The van der Waals surface area contributed by atoms with Crippen LogP contribution in [-0.2, 0) is 19.2 Å². The van der Waals surface area contributed by atoms with E-state index in [9.17, 15) is 19.2 Å². The number of Topliss-reactive ketones (excluding diaryl/α,β-unsaturated/α-hetero) is 1. The van der Waals surface area contributed by atoms with Gasteiger partial charge in [-0.3, -0.25) is 24.1 Å². The molecule has 3 aliphatic carbocycles. The fourth-order valence-electron chi connectivity index (χ4n) is 7.66. The molecule has 0 saturated carbocycles. The summed E-state index contributed by atoms with van der Waals surface area (Å²) >= 11 is 0. The van der Waals surface area contributed by atoms with Gasteiger partial charge in [-0.05, 0) is 85.9 Å². The molecule has 4 atom stereocenters. The van der Waals surface area contributed by atoms with E-state index in [2.05, 4.69) is 4.98 Å². The van der Waals surface area contributed by atoms with E-state index in [-0.39, 0.29) is 43.0 Å². The number of carbonyl (C=O) groups is 4. The predicted octanol–water partition coefficient (Wildman–Crippen LogP) is 5.50. The van der Waals surface area contributed by atoms with E-state index in [1.807, 2.05) is 42.5 Å². The van der Waals surface area contributed by atoms with Crippen molar-refractivity contribution in [3.63, 3.8) is 0 Å². The number of amides is 2. The Kier molecular flexibility index (Phi) is 6.88. The van der Waals surface area contributed by atoms with Crippen molar-refractivity contribution in [2.24, 2.45) is 17.8 Å². The molecule has 0 radical (unpaired) electrons. The SMILES string of the molecule is CC1=CC(=O)C2=C(C1=O)[C@@H](c1ccc(OCCO)cc1)C1=CC[C@@H]3C(=O)N(c4ccc(-c5nc6ccccc6o5)cc4)C(=O)[C@@H]3[C@@H]1C2. The number of nitrogens with zero attached hydrogens (tertiary/aromatic N) is 2. The van der Waals surface area contributed by atoms with Gasteiger partial charge < -0.3 is 14.3 Å². The van der Waals surface area contributed by atoms with Crippen LogP contribution in [0.1, 0.15) is 31.2 Å². The minimum Gasteiger partial charge on any atom is -0.491 e. The third-order valence-electron chi connectivity index (χ3n) is 9.80. The summed E-state index contributed by atoms with van der Waals surface area (Å²) in [6, 6.07) is 21.8. The molecule has 9 nitrogen and oxygen atoms in total. The van der Waals surface area contributed by atoms with Gasteiger partial charge in [0.2, 0.25) is 17.7 Å². The number of ether oxygens (including phenoxy) is 1. The standard InChI is InChI=1S/C38H30N2O7/c1-20-18-30(42)28-19-27-25(32(34(28)35(20)43)21-8-12-24(13-9-21)46-17-16-41)14-15-26-33(27)38(45)40(37(26)44)23-10-6-22(7-11-23)36-39-29-4-2-3-5-31(29)47-36/h2-14,18,26-27,32-33,41H,15-17,19H2,1H3/t26-,27+,32-,33-/m0/s1. The van der Waals surface area contributed by atoms with Gasteiger partial charge in [0.1, 0.15) is 17.9 Å². The topological polar surface area (TPSA) is 127 Å². The molecule has 0 unspecified atom stereocenters. The van der Waals surface area contributed by atoms with Crippen LogP contribution in [0.25, 0.3) is 22.6 Å². The molecule has 0 spiro atoms. The zero-order chi connectivity index (χ0) is 32.4. The highest BCUT2D eigenvalue weighted by molar-refractivity contribution is 6.25. The van der Waals surface area contributed by atoms with E-state index in [0.717, 1.165) is 22.2 Å². The van der Waals surface area contributed by atoms with Crippen LogP contribution >= 0.6 is 0 Å². The fraction of sp³-hybridized carbons (Fsp3) is 0.237. The summed E-state index contributed by atoms with van der Waals surface area (Å²) in [6.07, 6.45) is 3.96. The number of para-hydroxylation sites is 2. The number of oxazole rings is 1. The Labute approximate surface area is 269 Å². The quantitative estimate of drug-likeness (QED) is 0.169. The summed E-state index contributed by atoms with van der Waals surface area (Å²) in [5.41, 5.74) is 5.51. The van der Waals surface area contributed by atoms with Crippen molar-refractivity contribution >= 4 is 40.2 Å². The molecule has 2 amide bonds. The first-order valence-electron chi connectivity index (χ1n) is 15.7. The van der Waals surface area contributed by atoms with Gasteiger partial charge in [0.05, 0.1) is 24.1 Å². The maximum absolute atomic E-state index is 14.3. The minimum atomic E-state index is -0.669. The molecule has 234 valence electrons. The number of aromatic nitrogens is 1. The lowest BCUT2D eigenvalue weighted by molar-refractivity contribution is -0.123. The normalized spacial score (nSPS) is 23.8. The Balaban J connectivity index is 1.14. The van der Waals surface area contributed by atoms with E-state index >= 15 is 0 Å². The largest absolute Gasteiger partial charge is 0.491 e. The van der Waals surface area contributed by atoms with Crippen molar-refractivity contribution in [3.8, 4) is 17.2 Å². The van der Waals surface area contributed by atoms with Gasteiger partial charge in [0.25, 0.3) is 0 Å². The van der Waals surface area contributed by atoms with Gasteiger partial charge in [-0.15, -0.1) is 0 Å². The van der Waals surface area contributed by atoms with Crippen LogP contribution in [0.15, 0.2) is 112 Å². The van der Waals surface area contributed by atoms with Crippen LogP contribution in [-0.4, -0.2) is 46.7 Å². The molecule has 1 fully saturated rings. The van der Waals surface area contributed by atoms with Crippen LogP contribution in [0.5, 0.6) is 5.75 Å². The first-order valence-corrected chi connectivity index (χ1v) is 15.7. The molecule has 2 heterocycles. The maximum atomic E-state index is 14.3. The van der Waals surface area contributed by atoms with Crippen molar-refractivity contribution in [2.45, 2.75) is 25.7 Å². The summed E-state index contributed by atoms with van der Waals surface area (Å²) in [4.78, 5) is 61.0. The number of aliphatic hydroxyl groups is 1. The molecular weight excluding hydrogens is 596 g/mol. The maximum Gasteiger partial charge on any atom is 0.238 e. The smallest absolute Gasteiger partial charge is 0.238 e. The van der Waals surface area contributed by atoms with E-state index in [1.54, 1.807) is 43.3 Å². The number of ketones is 2. The van der Waals surface area contributed by atoms with E-state index in [1.165, 1.54) is 11.0 Å². The Morgan fingerprint density at radius 3 is 2.45 bits per heavy atom. The average Bonchev–Trinajstić information content (AvgIpc) is 3.64. The van der Waals surface area contributed by atoms with Crippen LogP contribution in [0, 0.1) is 17.8 Å². The second-order valence-electron chi connectivity index (χ2n) is 12.4. The molecule has 47 heavy (non-hydrogen) atoms. The molecule has 4 aliphatic rings. The summed E-state index contributed by atoms with van der Waals surface area (Å²) in [5, 5.41) is 9.14. The lowest BCUT2D eigenvalue weighted by Crippen LogP contribution is -2.39. The van der Waals surface area contributed by atoms with Gasteiger partial charge in [-0.2, -0.15) is 0 Å². The number of aliphatic hydroxyl groups excluding tert-OH is 1. The number of allylic oxidation sites excluding steroid dienone is 6. The Bertz CT molecular complexity index is 2050. The van der Waals surface area contributed by atoms with Crippen LogP contribution in [0.2, 0.25) is 0 Å². The lowest BCUT2D eigenvalue weighted by Gasteiger charge is -2.42. The van der Waals surface area contributed by atoms with Crippen LogP contribution < -0.4 is 9.64 Å². The number of rotatable bonds is 6. The first-order chi connectivity index (χ1) is 22.8. The van der Waals surface area contributed by atoms with E-state index < -0.39 is 23.7 Å². The van der Waals surface area contributed by atoms with Gasteiger partial charge in [-0.25, -0.2) is 4.98 Å². The second kappa shape index (κ2) is 11.1. The molecule has 1 saturated heterocycles. The first kappa shape index (κ1) is 29.0. The summed E-state index contributed by atoms with van der Waals surface area (Å²) in [7, 11) is 0. The van der Waals surface area contributed by atoms with Gasteiger partial charge in [0.15, 0.2) is 17.1 Å². The lowest BCUT2D eigenvalue weighted by atomic mass is 9.59. The minimum absolute atomic E-state index is 0.119. The van der Waals surface area contributed by atoms with Crippen molar-refractivity contribution in [1.82, 2.24) is 4.98 Å². The predicted molar refractivity (Wildman–Crippen MR) is 172 cm³/mol. The zero-order valence-electron chi connectivity index (χ0n) is 25.5. The van der Waals surface area contributed by atoms with E-state index in [0.29, 0.717) is 46.1 Å². The van der Waals surface area contributed by atoms with Gasteiger partial charge >= 0.3 is 0 Å². The molecule has 8 rings (SSSR count). The van der Waals surface area contributed by atoms with Crippen molar-refractivity contribution in [2.75, 3.05) is 18.1 Å². The Hall–Kier alpha value is -5.41. The highest BCUT2D eigenvalue weighted by Crippen LogP contribution is 2.55. The Morgan fingerprint density at radius 1 is 0.936 bits per heavy atom. The van der Waals surface area contributed by atoms with Crippen molar-refractivity contribution in [3.05, 3.63) is 113 Å². The third-order valence-corrected chi connectivity index (χ3v) is 9.80. The molecule has 1 aliphatic heterocycles. The fourth-order valence-corrected chi connectivity index (χ4v) is 7.66. The van der Waals surface area contributed by atoms with Crippen LogP contribution in [0.3, 0.4) is 0 Å². The van der Waals surface area contributed by atoms with Gasteiger partial charge in [0, 0.05) is 28.2 Å². The number of imide groups is 1. The van der Waals surface area contributed by atoms with Gasteiger partial charge in [-0.1, -0.05) is 35.9 Å². The second-order valence-corrected chi connectivity index (χ2v) is 12.4. The summed E-state index contributed by atoms with van der Waals surface area (Å²) in [6.45, 7) is 1.68. The average molecular weight is 627 g/mol. The number of benzene rings is 3. The van der Waals surface area contributed by atoms with Crippen molar-refractivity contribution in [1.29, 1.82) is 0 Å². The van der Waals surface area contributed by atoms with E-state index in [4.69, 9.17) is 14.3 Å². The number of hydrogen-bond acceptors (Lipinski definition) is 8. The highest BCUT2D eigenvalue weighted by Gasteiger charge is 2.56. The third kappa shape index (κ3) is 4.60. The molecular formula is C38H30N2O7. The highest BCUT2D eigenvalue weighted by atomic mass is 16.5. The number of hydrogen-bond donors (Lipinski definition) is 1. The molecule has 0 bridgehead atoms. The molecule has 1 N–H and O–H groups in total. The number of carbonyl (C=O) groups excluding carboxylic acids is 4. The monoisotopic (exact) mass is 626 g/mol. The summed E-state index contributed by atoms with van der Waals surface area (Å²) in [5.74, 6) is -2.17. The number of fused-ring (bicyclic) bond motifs is 4. The summed E-state index contributed by atoms with van der Waals surface area (Å²) < 4.78 is 11.4. The number of anilines is 1. The molecule has 4 aromatic rings. The zero-order valence-corrected chi connectivity index (χ0v) is 25.5.